The molecule has 0 radical (unpaired) electrons. The van der Waals surface area contributed by atoms with Crippen LogP contribution in [0.1, 0.15) is 12.5 Å². The van der Waals surface area contributed by atoms with Crippen LogP contribution in [0.2, 0.25) is 0 Å². The molecule has 25 heavy (non-hydrogen) atoms. The molecular formula is C18H13N3O4. The summed E-state index contributed by atoms with van der Waals surface area (Å²) in [5.74, 6) is 0.712. The maximum Gasteiger partial charge on any atom is 0.352 e. The molecule has 0 aliphatic carbocycles. The van der Waals surface area contributed by atoms with E-state index in [1.807, 2.05) is 6.07 Å². The van der Waals surface area contributed by atoms with Gasteiger partial charge >= 0.3 is 5.97 Å². The highest BCUT2D eigenvalue weighted by atomic mass is 16.6. The molecule has 0 bridgehead atoms. The molecule has 0 N–H and O–H groups in total. The van der Waals surface area contributed by atoms with Gasteiger partial charge in [-0.1, -0.05) is 0 Å². The van der Waals surface area contributed by atoms with E-state index in [0.717, 1.165) is 5.56 Å². The predicted molar refractivity (Wildman–Crippen MR) is 86.6 cm³/mol. The fourth-order valence-electron chi connectivity index (χ4n) is 2.02. The first-order valence-electron chi connectivity index (χ1n) is 7.41. The molecule has 0 fully saturated rings. The second-order valence-corrected chi connectivity index (χ2v) is 5.09. The van der Waals surface area contributed by atoms with Crippen molar-refractivity contribution in [2.75, 3.05) is 0 Å². The van der Waals surface area contributed by atoms with E-state index in [1.54, 1.807) is 55.5 Å². The summed E-state index contributed by atoms with van der Waals surface area (Å²) in [5.41, 5.74) is 1.24. The first kappa shape index (κ1) is 16.2. The molecule has 2 aromatic carbocycles. The molecule has 0 aliphatic heterocycles. The van der Waals surface area contributed by atoms with Gasteiger partial charge in [-0.15, -0.1) is 10.2 Å². The van der Waals surface area contributed by atoms with Crippen LogP contribution < -0.4 is 9.47 Å². The summed E-state index contributed by atoms with van der Waals surface area (Å²) in [6.45, 7) is 1.59. The highest BCUT2D eigenvalue weighted by molar-refractivity contribution is 5.77. The summed E-state index contributed by atoms with van der Waals surface area (Å²) in [6.07, 6.45) is 0.439. The molecule has 3 rings (SSSR count). The minimum absolute atomic E-state index is 0.378. The van der Waals surface area contributed by atoms with E-state index < -0.39 is 12.1 Å². The SMILES string of the molecule is CC(Oc1ccc(C#N)cc1)C(=O)Oc1ccc(-c2nnco2)cc1. The molecule has 0 amide bonds. The summed E-state index contributed by atoms with van der Waals surface area (Å²) >= 11 is 0. The van der Waals surface area contributed by atoms with Gasteiger partial charge in [0.15, 0.2) is 6.10 Å². The third kappa shape index (κ3) is 4.00. The number of carbonyl (C=O) groups excluding carboxylic acids is 1. The average Bonchev–Trinajstić information content (AvgIpc) is 3.17. The third-order valence-electron chi connectivity index (χ3n) is 3.31. The van der Waals surface area contributed by atoms with Gasteiger partial charge in [-0.2, -0.15) is 5.26 Å². The van der Waals surface area contributed by atoms with Crippen LogP contribution in [0.4, 0.5) is 0 Å². The first-order chi connectivity index (χ1) is 12.2. The monoisotopic (exact) mass is 335 g/mol. The van der Waals surface area contributed by atoms with Gasteiger partial charge < -0.3 is 13.9 Å². The Hall–Kier alpha value is -3.66. The molecule has 1 heterocycles. The predicted octanol–water partition coefficient (Wildman–Crippen LogP) is 2.98. The zero-order valence-corrected chi connectivity index (χ0v) is 13.2. The Morgan fingerprint density at radius 3 is 2.40 bits per heavy atom. The fourth-order valence-corrected chi connectivity index (χ4v) is 2.02. The van der Waals surface area contributed by atoms with Crippen molar-refractivity contribution in [3.63, 3.8) is 0 Å². The molecule has 1 unspecified atom stereocenters. The average molecular weight is 335 g/mol. The Kier molecular flexibility index (Phi) is 4.72. The zero-order chi connectivity index (χ0) is 17.6. The van der Waals surface area contributed by atoms with Crippen molar-refractivity contribution in [2.24, 2.45) is 0 Å². The zero-order valence-electron chi connectivity index (χ0n) is 13.2. The normalized spacial score (nSPS) is 11.4. The van der Waals surface area contributed by atoms with Crippen molar-refractivity contribution in [3.05, 3.63) is 60.5 Å². The summed E-state index contributed by atoms with van der Waals surface area (Å²) in [4.78, 5) is 12.1. The molecular weight excluding hydrogens is 322 g/mol. The van der Waals surface area contributed by atoms with Crippen LogP contribution in [0.25, 0.3) is 11.5 Å². The number of nitriles is 1. The standard InChI is InChI=1S/C18H13N3O4/c1-12(24-15-6-2-13(10-19)3-7-15)18(22)25-16-8-4-14(5-9-16)17-21-20-11-23-17/h2-9,11-12H,1H3. The van der Waals surface area contributed by atoms with Crippen LogP contribution in [0.5, 0.6) is 11.5 Å². The largest absolute Gasteiger partial charge is 0.479 e. The number of nitrogens with zero attached hydrogens (tertiary/aromatic N) is 3. The van der Waals surface area contributed by atoms with E-state index in [1.165, 1.54) is 6.39 Å². The molecule has 0 saturated carbocycles. The summed E-state index contributed by atoms with van der Waals surface area (Å²) in [6, 6.07) is 15.2. The van der Waals surface area contributed by atoms with Gasteiger partial charge in [0, 0.05) is 5.56 Å². The highest BCUT2D eigenvalue weighted by Gasteiger charge is 2.17. The first-order valence-corrected chi connectivity index (χ1v) is 7.41. The minimum Gasteiger partial charge on any atom is -0.479 e. The summed E-state index contributed by atoms with van der Waals surface area (Å²) in [7, 11) is 0. The van der Waals surface area contributed by atoms with E-state index >= 15 is 0 Å². The molecule has 7 nitrogen and oxygen atoms in total. The van der Waals surface area contributed by atoms with E-state index in [-0.39, 0.29) is 0 Å². The molecule has 0 aliphatic rings. The van der Waals surface area contributed by atoms with Gasteiger partial charge in [-0.3, -0.25) is 0 Å². The lowest BCUT2D eigenvalue weighted by Gasteiger charge is -2.13. The second-order valence-electron chi connectivity index (χ2n) is 5.09. The van der Waals surface area contributed by atoms with Crippen molar-refractivity contribution in [3.8, 4) is 29.0 Å². The number of esters is 1. The van der Waals surface area contributed by atoms with Gasteiger partial charge in [-0.25, -0.2) is 4.79 Å². The number of hydrogen-bond acceptors (Lipinski definition) is 7. The van der Waals surface area contributed by atoms with Crippen LogP contribution >= 0.6 is 0 Å². The Labute approximate surface area is 143 Å². The van der Waals surface area contributed by atoms with Crippen molar-refractivity contribution >= 4 is 5.97 Å². The Morgan fingerprint density at radius 1 is 1.12 bits per heavy atom. The van der Waals surface area contributed by atoms with E-state index in [0.29, 0.717) is 23.0 Å². The molecule has 124 valence electrons. The van der Waals surface area contributed by atoms with E-state index in [9.17, 15) is 4.79 Å². The maximum atomic E-state index is 12.1. The number of rotatable bonds is 5. The lowest BCUT2D eigenvalue weighted by atomic mass is 10.2. The van der Waals surface area contributed by atoms with Gasteiger partial charge in [0.05, 0.1) is 11.6 Å². The summed E-state index contributed by atoms with van der Waals surface area (Å²) < 4.78 is 15.9. The van der Waals surface area contributed by atoms with Gasteiger partial charge in [0.1, 0.15) is 11.5 Å². The van der Waals surface area contributed by atoms with Crippen LogP contribution in [0.15, 0.2) is 59.3 Å². The van der Waals surface area contributed by atoms with Crippen LogP contribution in [0.3, 0.4) is 0 Å². The smallest absolute Gasteiger partial charge is 0.352 e. The summed E-state index contributed by atoms with van der Waals surface area (Å²) in [5, 5.41) is 16.2. The third-order valence-corrected chi connectivity index (χ3v) is 3.31. The van der Waals surface area contributed by atoms with Gasteiger partial charge in [0.2, 0.25) is 12.3 Å². The van der Waals surface area contributed by atoms with Gasteiger partial charge in [0.25, 0.3) is 0 Å². The van der Waals surface area contributed by atoms with Crippen LogP contribution in [-0.4, -0.2) is 22.3 Å². The molecule has 7 heteroatoms. The Bertz CT molecular complexity index is 882. The number of carbonyl (C=O) groups is 1. The van der Waals surface area contributed by atoms with Crippen LogP contribution in [-0.2, 0) is 4.79 Å². The molecule has 0 spiro atoms. The highest BCUT2D eigenvalue weighted by Crippen LogP contribution is 2.21. The number of benzene rings is 2. The topological polar surface area (TPSA) is 98.2 Å². The van der Waals surface area contributed by atoms with E-state index in [4.69, 9.17) is 19.2 Å². The van der Waals surface area contributed by atoms with Gasteiger partial charge in [-0.05, 0) is 55.5 Å². The number of aromatic nitrogens is 2. The van der Waals surface area contributed by atoms with Crippen molar-refractivity contribution < 1.29 is 18.7 Å². The molecule has 0 saturated heterocycles. The van der Waals surface area contributed by atoms with Crippen molar-refractivity contribution in [2.45, 2.75) is 13.0 Å². The number of ether oxygens (including phenoxy) is 2. The van der Waals surface area contributed by atoms with Crippen molar-refractivity contribution in [1.82, 2.24) is 10.2 Å². The lowest BCUT2D eigenvalue weighted by molar-refractivity contribution is -0.141. The quantitative estimate of drug-likeness (QED) is 0.522. The number of hydrogen-bond donors (Lipinski definition) is 0. The lowest BCUT2D eigenvalue weighted by Crippen LogP contribution is -2.28. The Morgan fingerprint density at radius 2 is 1.80 bits per heavy atom. The van der Waals surface area contributed by atoms with Crippen LogP contribution in [0, 0.1) is 11.3 Å². The molecule has 3 aromatic rings. The minimum atomic E-state index is -0.802. The second kappa shape index (κ2) is 7.27. The molecule has 1 atom stereocenters. The van der Waals surface area contributed by atoms with E-state index in [2.05, 4.69) is 10.2 Å². The maximum absolute atomic E-state index is 12.1. The molecule has 1 aromatic heterocycles. The fraction of sp³-hybridized carbons (Fsp3) is 0.111. The van der Waals surface area contributed by atoms with Crippen molar-refractivity contribution in [1.29, 1.82) is 5.26 Å². The Balaban J connectivity index is 1.60.